The molecule has 4 nitrogen and oxygen atoms in total. The Morgan fingerprint density at radius 2 is 2.06 bits per heavy atom. The summed E-state index contributed by atoms with van der Waals surface area (Å²) in [6, 6.07) is 0.307. The van der Waals surface area contributed by atoms with Crippen LogP contribution >= 0.6 is 0 Å². The zero-order chi connectivity index (χ0) is 12.4. The molecule has 1 amide bonds. The number of nitrogens with one attached hydrogen (secondary N) is 2. The largest absolute Gasteiger partial charge is 0.383 e. The lowest BCUT2D eigenvalue weighted by Gasteiger charge is -2.21. The topological polar surface area (TPSA) is 50.4 Å². The molecule has 0 aliphatic heterocycles. The summed E-state index contributed by atoms with van der Waals surface area (Å²) in [6.07, 6.45) is 3.32. The predicted octanol–water partition coefficient (Wildman–Crippen LogP) is 1.31. The van der Waals surface area contributed by atoms with Crippen molar-refractivity contribution in [1.82, 2.24) is 10.6 Å². The predicted molar refractivity (Wildman–Crippen MR) is 66.5 cm³/mol. The molecule has 2 unspecified atom stereocenters. The van der Waals surface area contributed by atoms with Gasteiger partial charge in [-0.1, -0.05) is 20.3 Å². The van der Waals surface area contributed by atoms with Crippen LogP contribution in [0.3, 0.4) is 0 Å². The first-order chi connectivity index (χ1) is 7.65. The molecule has 2 atom stereocenters. The first kappa shape index (κ1) is 15.4. The van der Waals surface area contributed by atoms with Gasteiger partial charge in [0.1, 0.15) is 0 Å². The van der Waals surface area contributed by atoms with Gasteiger partial charge in [-0.2, -0.15) is 0 Å². The molecule has 0 spiro atoms. The van der Waals surface area contributed by atoms with E-state index in [1.165, 1.54) is 0 Å². The average molecular weight is 230 g/mol. The van der Waals surface area contributed by atoms with Crippen LogP contribution in [0.1, 0.15) is 40.0 Å². The summed E-state index contributed by atoms with van der Waals surface area (Å²) < 4.78 is 4.88. The van der Waals surface area contributed by atoms with Crippen LogP contribution in [-0.2, 0) is 9.53 Å². The Morgan fingerprint density at radius 1 is 1.38 bits per heavy atom. The molecule has 0 saturated carbocycles. The first-order valence-electron chi connectivity index (χ1n) is 6.18. The summed E-state index contributed by atoms with van der Waals surface area (Å²) in [5.41, 5.74) is 0. The molecule has 0 fully saturated rings. The lowest BCUT2D eigenvalue weighted by atomic mass is 10.1. The minimum Gasteiger partial charge on any atom is -0.383 e. The molecular formula is C12H26N2O2. The van der Waals surface area contributed by atoms with Crippen LogP contribution in [0.25, 0.3) is 0 Å². The summed E-state index contributed by atoms with van der Waals surface area (Å²) in [5, 5.41) is 6.17. The van der Waals surface area contributed by atoms with E-state index in [9.17, 15) is 4.79 Å². The minimum atomic E-state index is -0.131. The number of hydrogen-bond donors (Lipinski definition) is 2. The molecule has 0 bridgehead atoms. The fraction of sp³-hybridized carbons (Fsp3) is 0.917. The number of rotatable bonds is 9. The molecule has 96 valence electrons. The van der Waals surface area contributed by atoms with Crippen LogP contribution in [0.5, 0.6) is 0 Å². The second-order valence-electron chi connectivity index (χ2n) is 4.07. The third kappa shape index (κ3) is 6.80. The Hall–Kier alpha value is -0.610. The highest BCUT2D eigenvalue weighted by atomic mass is 16.5. The normalized spacial score (nSPS) is 14.5. The van der Waals surface area contributed by atoms with Crippen molar-refractivity contribution in [2.45, 2.75) is 52.1 Å². The Kier molecular flexibility index (Phi) is 9.24. The molecule has 2 N–H and O–H groups in total. The highest BCUT2D eigenvalue weighted by Gasteiger charge is 2.15. The quantitative estimate of drug-likeness (QED) is 0.587. The molecule has 0 aliphatic carbocycles. The molecule has 0 heterocycles. The van der Waals surface area contributed by atoms with Gasteiger partial charge >= 0.3 is 0 Å². The third-order valence-electron chi connectivity index (χ3n) is 2.61. The van der Waals surface area contributed by atoms with Crippen LogP contribution in [0.15, 0.2) is 0 Å². The second-order valence-corrected chi connectivity index (χ2v) is 4.07. The summed E-state index contributed by atoms with van der Waals surface area (Å²) in [4.78, 5) is 11.6. The van der Waals surface area contributed by atoms with E-state index in [1.54, 1.807) is 7.11 Å². The maximum Gasteiger partial charge on any atom is 0.236 e. The SMILES string of the molecule is CCCC(CC)NC(C)C(=O)NCCOC. The van der Waals surface area contributed by atoms with Gasteiger partial charge in [-0.3, -0.25) is 4.79 Å². The summed E-state index contributed by atoms with van der Waals surface area (Å²) in [6.45, 7) is 7.34. The molecule has 16 heavy (non-hydrogen) atoms. The van der Waals surface area contributed by atoms with Gasteiger partial charge < -0.3 is 15.4 Å². The van der Waals surface area contributed by atoms with E-state index in [0.717, 1.165) is 19.3 Å². The Morgan fingerprint density at radius 3 is 2.56 bits per heavy atom. The van der Waals surface area contributed by atoms with Crippen molar-refractivity contribution < 1.29 is 9.53 Å². The lowest BCUT2D eigenvalue weighted by Crippen LogP contribution is -2.47. The standard InChI is InChI=1S/C12H26N2O2/c1-5-7-11(6-2)14-10(3)12(15)13-8-9-16-4/h10-11,14H,5-9H2,1-4H3,(H,13,15). The fourth-order valence-corrected chi connectivity index (χ4v) is 1.61. The fourth-order valence-electron chi connectivity index (χ4n) is 1.61. The van der Waals surface area contributed by atoms with Gasteiger partial charge in [0, 0.05) is 19.7 Å². The molecule has 0 saturated heterocycles. The zero-order valence-electron chi connectivity index (χ0n) is 11.0. The van der Waals surface area contributed by atoms with Crippen LogP contribution in [0.4, 0.5) is 0 Å². The molecular weight excluding hydrogens is 204 g/mol. The summed E-state index contributed by atoms with van der Waals surface area (Å²) in [7, 11) is 1.63. The van der Waals surface area contributed by atoms with Crippen molar-refractivity contribution in [2.24, 2.45) is 0 Å². The lowest BCUT2D eigenvalue weighted by molar-refractivity contribution is -0.123. The molecule has 0 rings (SSSR count). The summed E-state index contributed by atoms with van der Waals surface area (Å²) >= 11 is 0. The van der Waals surface area contributed by atoms with E-state index >= 15 is 0 Å². The van der Waals surface area contributed by atoms with Gasteiger partial charge in [0.15, 0.2) is 0 Å². The van der Waals surface area contributed by atoms with Crippen LogP contribution in [-0.4, -0.2) is 38.3 Å². The number of methoxy groups -OCH3 is 1. The number of hydrogen-bond acceptors (Lipinski definition) is 3. The van der Waals surface area contributed by atoms with E-state index in [0.29, 0.717) is 19.2 Å². The highest BCUT2D eigenvalue weighted by Crippen LogP contribution is 2.02. The van der Waals surface area contributed by atoms with Crippen molar-refractivity contribution in [1.29, 1.82) is 0 Å². The number of ether oxygens (including phenoxy) is 1. The maximum atomic E-state index is 11.6. The Labute approximate surface area is 99.1 Å². The molecule has 0 aromatic heterocycles. The van der Waals surface area contributed by atoms with E-state index in [1.807, 2.05) is 6.92 Å². The van der Waals surface area contributed by atoms with Crippen molar-refractivity contribution in [3.05, 3.63) is 0 Å². The highest BCUT2D eigenvalue weighted by molar-refractivity contribution is 5.81. The molecule has 4 heteroatoms. The zero-order valence-corrected chi connectivity index (χ0v) is 11.0. The van der Waals surface area contributed by atoms with Gasteiger partial charge in [-0.15, -0.1) is 0 Å². The third-order valence-corrected chi connectivity index (χ3v) is 2.61. The van der Waals surface area contributed by atoms with Gasteiger partial charge in [0.25, 0.3) is 0 Å². The van der Waals surface area contributed by atoms with E-state index < -0.39 is 0 Å². The van der Waals surface area contributed by atoms with Crippen LogP contribution in [0, 0.1) is 0 Å². The molecule has 0 aliphatic rings. The van der Waals surface area contributed by atoms with Crippen LogP contribution < -0.4 is 10.6 Å². The molecule has 0 aromatic rings. The smallest absolute Gasteiger partial charge is 0.236 e. The number of carbonyl (C=O) groups is 1. The monoisotopic (exact) mass is 230 g/mol. The number of amides is 1. The van der Waals surface area contributed by atoms with Gasteiger partial charge in [0.05, 0.1) is 12.6 Å². The van der Waals surface area contributed by atoms with E-state index in [4.69, 9.17) is 4.74 Å². The summed E-state index contributed by atoms with van der Waals surface area (Å²) in [5.74, 6) is 0.0478. The van der Waals surface area contributed by atoms with Crippen molar-refractivity contribution >= 4 is 5.91 Å². The molecule has 0 aromatic carbocycles. The van der Waals surface area contributed by atoms with Crippen molar-refractivity contribution in [2.75, 3.05) is 20.3 Å². The Bertz CT molecular complexity index is 186. The first-order valence-corrected chi connectivity index (χ1v) is 6.18. The van der Waals surface area contributed by atoms with Gasteiger partial charge in [-0.05, 0) is 19.8 Å². The van der Waals surface area contributed by atoms with Crippen LogP contribution in [0.2, 0.25) is 0 Å². The molecule has 0 radical (unpaired) electrons. The van der Waals surface area contributed by atoms with Gasteiger partial charge in [0.2, 0.25) is 5.91 Å². The maximum absolute atomic E-state index is 11.6. The Balaban J connectivity index is 3.83. The van der Waals surface area contributed by atoms with Crippen molar-refractivity contribution in [3.63, 3.8) is 0 Å². The van der Waals surface area contributed by atoms with Gasteiger partial charge in [-0.25, -0.2) is 0 Å². The van der Waals surface area contributed by atoms with Crippen molar-refractivity contribution in [3.8, 4) is 0 Å². The van der Waals surface area contributed by atoms with E-state index in [-0.39, 0.29) is 11.9 Å². The second kappa shape index (κ2) is 9.60. The van der Waals surface area contributed by atoms with E-state index in [2.05, 4.69) is 24.5 Å². The average Bonchev–Trinajstić information content (AvgIpc) is 2.28. The minimum absolute atomic E-state index is 0.0478. The number of carbonyl (C=O) groups excluding carboxylic acids is 1.